The van der Waals surface area contributed by atoms with Gasteiger partial charge in [-0.05, 0) is 50.2 Å². The van der Waals surface area contributed by atoms with Crippen LogP contribution in [0.2, 0.25) is 0 Å². The Morgan fingerprint density at radius 2 is 1.86 bits per heavy atom. The number of imidazole rings is 1. The summed E-state index contributed by atoms with van der Waals surface area (Å²) >= 11 is 0. The van der Waals surface area contributed by atoms with Crippen LogP contribution in [0.15, 0.2) is 48.5 Å². The highest BCUT2D eigenvalue weighted by atomic mass is 19.1. The molecular formula is C21H18FN5O. The van der Waals surface area contributed by atoms with Gasteiger partial charge in [-0.3, -0.25) is 4.79 Å². The maximum atomic E-state index is 13.4. The number of nitrogens with zero attached hydrogens (tertiary/aromatic N) is 3. The second-order valence-corrected chi connectivity index (χ2v) is 7.18. The molecule has 28 heavy (non-hydrogen) atoms. The molecule has 140 valence electrons. The lowest BCUT2D eigenvalue weighted by molar-refractivity contribution is -0.124. The molecule has 0 bridgehead atoms. The molecule has 3 aromatic rings. The summed E-state index contributed by atoms with van der Waals surface area (Å²) < 4.78 is 15.2. The molecule has 0 unspecified atom stereocenters. The number of amides is 1. The van der Waals surface area contributed by atoms with Crippen molar-refractivity contribution in [2.24, 2.45) is 0 Å². The first kappa shape index (κ1) is 17.7. The van der Waals surface area contributed by atoms with Crippen molar-refractivity contribution in [1.29, 1.82) is 0 Å². The van der Waals surface area contributed by atoms with Crippen molar-refractivity contribution >= 4 is 23.1 Å². The Bertz CT molecular complexity index is 1090. The summed E-state index contributed by atoms with van der Waals surface area (Å²) in [7, 11) is 0. The number of nitrogens with one attached hydrogen (secondary N) is 2. The first-order chi connectivity index (χ1) is 13.4. The number of hydrogen-bond acceptors (Lipinski definition) is 3. The van der Waals surface area contributed by atoms with Gasteiger partial charge in [0.1, 0.15) is 29.7 Å². The molecule has 0 saturated carbocycles. The predicted molar refractivity (Wildman–Crippen MR) is 105 cm³/mol. The number of anilines is 2. The molecule has 7 heteroatoms. The quantitative estimate of drug-likeness (QED) is 0.669. The van der Waals surface area contributed by atoms with Gasteiger partial charge in [0.2, 0.25) is 5.91 Å². The van der Waals surface area contributed by atoms with Crippen LogP contribution < -0.4 is 10.6 Å². The fraction of sp³-hybridized carbons (Fsp3) is 0.190. The van der Waals surface area contributed by atoms with Crippen LogP contribution in [-0.4, -0.2) is 15.5 Å². The highest BCUT2D eigenvalue weighted by Crippen LogP contribution is 2.36. The van der Waals surface area contributed by atoms with Gasteiger partial charge in [0.05, 0.1) is 12.1 Å². The van der Waals surface area contributed by atoms with Gasteiger partial charge in [-0.2, -0.15) is 0 Å². The first-order valence-corrected chi connectivity index (χ1v) is 8.80. The molecule has 0 atom stereocenters. The van der Waals surface area contributed by atoms with Crippen molar-refractivity contribution < 1.29 is 9.18 Å². The van der Waals surface area contributed by atoms with Crippen LogP contribution in [0, 0.1) is 12.4 Å². The lowest BCUT2D eigenvalue weighted by atomic mass is 10.0. The van der Waals surface area contributed by atoms with Gasteiger partial charge in [-0.25, -0.2) is 14.2 Å². The minimum absolute atomic E-state index is 0.105. The standard InChI is InChI=1S/C21H18FN5O/c1-21(2)20-25-18(13-4-6-14(22)7-5-13)19(27(20)12-17(28)26-21)24-16-10-8-15(23-3)9-11-16/h4-11,24H,12H2,1-2H3,(H,26,28). The average Bonchev–Trinajstić information content (AvgIpc) is 3.02. The summed E-state index contributed by atoms with van der Waals surface area (Å²) in [5, 5.41) is 6.28. The third-order valence-electron chi connectivity index (χ3n) is 4.66. The van der Waals surface area contributed by atoms with E-state index < -0.39 is 5.54 Å². The molecule has 4 rings (SSSR count). The molecule has 2 aromatic carbocycles. The second kappa shape index (κ2) is 6.50. The van der Waals surface area contributed by atoms with Crippen molar-refractivity contribution in [1.82, 2.24) is 14.9 Å². The number of aromatic nitrogens is 2. The third kappa shape index (κ3) is 3.09. The Hall–Kier alpha value is -3.66. The van der Waals surface area contributed by atoms with Crippen LogP contribution in [0.1, 0.15) is 19.7 Å². The van der Waals surface area contributed by atoms with E-state index in [4.69, 9.17) is 11.6 Å². The van der Waals surface area contributed by atoms with Gasteiger partial charge < -0.3 is 15.2 Å². The van der Waals surface area contributed by atoms with Crippen LogP contribution in [-0.2, 0) is 16.9 Å². The average molecular weight is 375 g/mol. The molecule has 0 fully saturated rings. The minimum atomic E-state index is -0.641. The van der Waals surface area contributed by atoms with Gasteiger partial charge in [-0.15, -0.1) is 0 Å². The molecule has 0 aliphatic carbocycles. The van der Waals surface area contributed by atoms with Gasteiger partial charge in [-0.1, -0.05) is 12.1 Å². The maximum absolute atomic E-state index is 13.4. The molecule has 1 aliphatic rings. The van der Waals surface area contributed by atoms with E-state index in [2.05, 4.69) is 15.5 Å². The number of carbonyl (C=O) groups excluding carboxylic acids is 1. The summed E-state index contributed by atoms with van der Waals surface area (Å²) in [6.45, 7) is 11.0. The Labute approximate surface area is 161 Å². The third-order valence-corrected chi connectivity index (χ3v) is 4.66. The summed E-state index contributed by atoms with van der Waals surface area (Å²) in [4.78, 5) is 20.4. The van der Waals surface area contributed by atoms with Crippen LogP contribution in [0.25, 0.3) is 16.1 Å². The topological polar surface area (TPSA) is 63.3 Å². The van der Waals surface area contributed by atoms with Crippen molar-refractivity contribution in [3.63, 3.8) is 0 Å². The zero-order valence-corrected chi connectivity index (χ0v) is 15.5. The van der Waals surface area contributed by atoms with Crippen LogP contribution in [0.5, 0.6) is 0 Å². The monoisotopic (exact) mass is 375 g/mol. The molecule has 0 radical (unpaired) electrons. The fourth-order valence-corrected chi connectivity index (χ4v) is 3.36. The molecule has 1 aromatic heterocycles. The van der Waals surface area contributed by atoms with E-state index in [-0.39, 0.29) is 18.3 Å². The zero-order chi connectivity index (χ0) is 19.9. The van der Waals surface area contributed by atoms with E-state index >= 15 is 0 Å². The van der Waals surface area contributed by atoms with Gasteiger partial charge >= 0.3 is 0 Å². The predicted octanol–water partition coefficient (Wildman–Crippen LogP) is 4.35. The van der Waals surface area contributed by atoms with Crippen molar-refractivity contribution in [3.8, 4) is 11.3 Å². The highest BCUT2D eigenvalue weighted by molar-refractivity contribution is 5.83. The summed E-state index contributed by atoms with van der Waals surface area (Å²) in [5.41, 5.74) is 2.04. The van der Waals surface area contributed by atoms with Crippen LogP contribution in [0.4, 0.5) is 21.6 Å². The summed E-state index contributed by atoms with van der Waals surface area (Å²) in [5.74, 6) is 0.938. The summed E-state index contributed by atoms with van der Waals surface area (Å²) in [6.07, 6.45) is 0. The highest BCUT2D eigenvalue weighted by Gasteiger charge is 2.36. The number of carbonyl (C=O) groups is 1. The van der Waals surface area contributed by atoms with Crippen molar-refractivity contribution in [2.75, 3.05) is 5.32 Å². The van der Waals surface area contributed by atoms with E-state index in [1.54, 1.807) is 36.4 Å². The number of halogens is 1. The zero-order valence-electron chi connectivity index (χ0n) is 15.5. The normalized spacial score (nSPS) is 14.7. The number of rotatable bonds is 3. The van der Waals surface area contributed by atoms with E-state index in [0.29, 0.717) is 23.0 Å². The van der Waals surface area contributed by atoms with Crippen molar-refractivity contribution in [3.05, 3.63) is 71.6 Å². The first-order valence-electron chi connectivity index (χ1n) is 8.80. The van der Waals surface area contributed by atoms with Crippen LogP contribution >= 0.6 is 0 Å². The lowest BCUT2D eigenvalue weighted by Gasteiger charge is -2.31. The molecule has 2 N–H and O–H groups in total. The smallest absolute Gasteiger partial charge is 0.240 e. The summed E-state index contributed by atoms with van der Waals surface area (Å²) in [6, 6.07) is 13.1. The number of fused-ring (bicyclic) bond motifs is 1. The molecular weight excluding hydrogens is 357 g/mol. The van der Waals surface area contributed by atoms with Crippen LogP contribution in [0.3, 0.4) is 0 Å². The minimum Gasteiger partial charge on any atom is -0.342 e. The lowest BCUT2D eigenvalue weighted by Crippen LogP contribution is -2.49. The molecule has 1 amide bonds. The Morgan fingerprint density at radius 3 is 2.50 bits per heavy atom. The fourth-order valence-electron chi connectivity index (χ4n) is 3.36. The second-order valence-electron chi connectivity index (χ2n) is 7.18. The largest absolute Gasteiger partial charge is 0.342 e. The molecule has 0 spiro atoms. The molecule has 2 heterocycles. The number of hydrogen-bond donors (Lipinski definition) is 2. The molecule has 6 nitrogen and oxygen atoms in total. The molecule has 1 aliphatic heterocycles. The SMILES string of the molecule is [C-]#[N+]c1ccc(Nc2c(-c3ccc(F)cc3)nc3n2CC(=O)NC3(C)C)cc1. The van der Waals surface area contributed by atoms with Gasteiger partial charge in [0.15, 0.2) is 5.69 Å². The van der Waals surface area contributed by atoms with Crippen molar-refractivity contribution in [2.45, 2.75) is 25.9 Å². The van der Waals surface area contributed by atoms with Gasteiger partial charge in [0, 0.05) is 11.3 Å². The van der Waals surface area contributed by atoms with E-state index in [1.807, 2.05) is 18.4 Å². The number of benzene rings is 2. The Morgan fingerprint density at radius 1 is 1.18 bits per heavy atom. The Balaban J connectivity index is 1.86. The maximum Gasteiger partial charge on any atom is 0.240 e. The van der Waals surface area contributed by atoms with Gasteiger partial charge in [0.25, 0.3) is 0 Å². The van der Waals surface area contributed by atoms with E-state index in [9.17, 15) is 9.18 Å². The van der Waals surface area contributed by atoms with E-state index in [1.165, 1.54) is 12.1 Å². The van der Waals surface area contributed by atoms with E-state index in [0.717, 1.165) is 11.3 Å². The Kier molecular flexibility index (Phi) is 4.12. The molecule has 0 saturated heterocycles.